The summed E-state index contributed by atoms with van der Waals surface area (Å²) in [4.78, 5) is 23.4. The summed E-state index contributed by atoms with van der Waals surface area (Å²) >= 11 is 0. The molecule has 1 fully saturated rings. The van der Waals surface area contributed by atoms with Crippen molar-refractivity contribution in [3.05, 3.63) is 0 Å². The predicted molar refractivity (Wildman–Crippen MR) is 65.0 cm³/mol. The Kier molecular flexibility index (Phi) is 5.09. The van der Waals surface area contributed by atoms with Crippen LogP contribution in [-0.2, 0) is 19.4 Å². The van der Waals surface area contributed by atoms with Gasteiger partial charge < -0.3 is 10.4 Å². The van der Waals surface area contributed by atoms with Crippen LogP contribution in [0.3, 0.4) is 0 Å². The lowest BCUT2D eigenvalue weighted by atomic mass is 10.2. The molecule has 7 nitrogen and oxygen atoms in total. The highest BCUT2D eigenvalue weighted by Crippen LogP contribution is 2.17. The maximum Gasteiger partial charge on any atom is 0.317 e. The standard InChI is InChI=1S/C10H18N2O5S/c1-11-9(13)2-4-12(6-10(14)15)8-3-5-18(16,17)7-8/h8H,2-7H2,1H3,(H,11,13)(H,14,15). The first-order chi connectivity index (χ1) is 8.34. The van der Waals surface area contributed by atoms with Gasteiger partial charge in [-0.15, -0.1) is 0 Å². The number of rotatable bonds is 6. The molecule has 0 aromatic rings. The van der Waals surface area contributed by atoms with E-state index >= 15 is 0 Å². The number of hydrogen-bond acceptors (Lipinski definition) is 5. The monoisotopic (exact) mass is 278 g/mol. The Morgan fingerprint density at radius 2 is 2.11 bits per heavy atom. The lowest BCUT2D eigenvalue weighted by Crippen LogP contribution is -2.41. The van der Waals surface area contributed by atoms with Gasteiger partial charge in [0.1, 0.15) is 0 Å². The highest BCUT2D eigenvalue weighted by Gasteiger charge is 2.33. The highest BCUT2D eigenvalue weighted by atomic mass is 32.2. The second-order valence-electron chi connectivity index (χ2n) is 4.34. The van der Waals surface area contributed by atoms with Gasteiger partial charge in [0, 0.05) is 26.1 Å². The van der Waals surface area contributed by atoms with Gasteiger partial charge >= 0.3 is 5.97 Å². The predicted octanol–water partition coefficient (Wildman–Crippen LogP) is -1.30. The van der Waals surface area contributed by atoms with E-state index in [0.29, 0.717) is 6.42 Å². The molecule has 0 aromatic carbocycles. The molecule has 0 bridgehead atoms. The zero-order valence-electron chi connectivity index (χ0n) is 10.3. The van der Waals surface area contributed by atoms with Gasteiger partial charge in [0.25, 0.3) is 0 Å². The summed E-state index contributed by atoms with van der Waals surface area (Å²) in [6.07, 6.45) is 0.601. The number of carboxylic acid groups (broad SMARTS) is 1. The summed E-state index contributed by atoms with van der Waals surface area (Å²) in [7, 11) is -1.55. The maximum atomic E-state index is 11.4. The zero-order chi connectivity index (χ0) is 13.8. The number of aliphatic carboxylic acids is 1. The average Bonchev–Trinajstić information content (AvgIpc) is 2.63. The molecule has 1 atom stereocenters. The van der Waals surface area contributed by atoms with Crippen LogP contribution in [0, 0.1) is 0 Å². The van der Waals surface area contributed by atoms with E-state index in [9.17, 15) is 18.0 Å². The Morgan fingerprint density at radius 3 is 2.56 bits per heavy atom. The molecule has 1 heterocycles. The summed E-state index contributed by atoms with van der Waals surface area (Å²) in [5.74, 6) is -1.13. The van der Waals surface area contributed by atoms with Crippen molar-refractivity contribution in [2.75, 3.05) is 31.6 Å². The van der Waals surface area contributed by atoms with Crippen molar-refractivity contribution in [3.8, 4) is 0 Å². The first-order valence-electron chi connectivity index (χ1n) is 5.71. The molecule has 1 unspecified atom stereocenters. The zero-order valence-corrected chi connectivity index (χ0v) is 11.1. The van der Waals surface area contributed by atoms with Gasteiger partial charge in [-0.05, 0) is 6.42 Å². The fraction of sp³-hybridized carbons (Fsp3) is 0.800. The van der Waals surface area contributed by atoms with Gasteiger partial charge in [0.2, 0.25) is 5.91 Å². The summed E-state index contributed by atoms with van der Waals surface area (Å²) in [5.41, 5.74) is 0. The van der Waals surface area contributed by atoms with Crippen molar-refractivity contribution >= 4 is 21.7 Å². The molecule has 18 heavy (non-hydrogen) atoms. The van der Waals surface area contributed by atoms with Crippen molar-refractivity contribution in [1.82, 2.24) is 10.2 Å². The number of carbonyl (C=O) groups excluding carboxylic acids is 1. The third-order valence-corrected chi connectivity index (χ3v) is 4.72. The molecule has 1 amide bonds. The van der Waals surface area contributed by atoms with E-state index in [-0.39, 0.29) is 43.0 Å². The quantitative estimate of drug-likeness (QED) is 0.625. The Morgan fingerprint density at radius 1 is 1.44 bits per heavy atom. The van der Waals surface area contributed by atoms with E-state index < -0.39 is 15.8 Å². The topological polar surface area (TPSA) is 104 Å². The van der Waals surface area contributed by atoms with Gasteiger partial charge in [-0.2, -0.15) is 0 Å². The van der Waals surface area contributed by atoms with Gasteiger partial charge in [-0.3, -0.25) is 14.5 Å². The lowest BCUT2D eigenvalue weighted by Gasteiger charge is -2.25. The van der Waals surface area contributed by atoms with Crippen molar-refractivity contribution < 1.29 is 23.1 Å². The minimum Gasteiger partial charge on any atom is -0.480 e. The molecule has 1 rings (SSSR count). The van der Waals surface area contributed by atoms with E-state index in [1.807, 2.05) is 0 Å². The third-order valence-electron chi connectivity index (χ3n) is 2.97. The number of sulfone groups is 1. The average molecular weight is 278 g/mol. The number of carboxylic acids is 1. The van der Waals surface area contributed by atoms with Crippen LogP contribution in [0.25, 0.3) is 0 Å². The number of nitrogens with zero attached hydrogens (tertiary/aromatic N) is 1. The normalized spacial score (nSPS) is 22.0. The largest absolute Gasteiger partial charge is 0.480 e. The number of carbonyl (C=O) groups is 2. The van der Waals surface area contributed by atoms with Crippen molar-refractivity contribution in [2.45, 2.75) is 18.9 Å². The molecule has 1 saturated heterocycles. The van der Waals surface area contributed by atoms with Gasteiger partial charge in [-0.1, -0.05) is 0 Å². The molecule has 104 valence electrons. The Balaban J connectivity index is 2.61. The second-order valence-corrected chi connectivity index (χ2v) is 6.57. The second kappa shape index (κ2) is 6.14. The van der Waals surface area contributed by atoms with E-state index in [1.165, 1.54) is 7.05 Å². The number of amides is 1. The first kappa shape index (κ1) is 14.9. The minimum atomic E-state index is -3.06. The van der Waals surface area contributed by atoms with Gasteiger partial charge in [-0.25, -0.2) is 8.42 Å². The fourth-order valence-corrected chi connectivity index (χ4v) is 3.76. The van der Waals surface area contributed by atoms with Crippen LogP contribution in [0.5, 0.6) is 0 Å². The minimum absolute atomic E-state index is 0.0198. The molecule has 2 N–H and O–H groups in total. The van der Waals surface area contributed by atoms with Crippen LogP contribution < -0.4 is 5.32 Å². The number of nitrogens with one attached hydrogen (secondary N) is 1. The van der Waals surface area contributed by atoms with Crippen molar-refractivity contribution in [3.63, 3.8) is 0 Å². The molecule has 8 heteroatoms. The molecule has 0 aliphatic carbocycles. The van der Waals surface area contributed by atoms with E-state index in [0.717, 1.165) is 0 Å². The molecule has 1 aliphatic heterocycles. The summed E-state index contributed by atoms with van der Waals surface area (Å²) in [6.45, 7) is 0.0172. The van der Waals surface area contributed by atoms with E-state index in [4.69, 9.17) is 5.11 Å². The summed E-state index contributed by atoms with van der Waals surface area (Å²) < 4.78 is 22.7. The van der Waals surface area contributed by atoms with Crippen molar-refractivity contribution in [1.29, 1.82) is 0 Å². The van der Waals surface area contributed by atoms with Gasteiger partial charge in [0.15, 0.2) is 9.84 Å². The SMILES string of the molecule is CNC(=O)CCN(CC(=O)O)C1CCS(=O)(=O)C1. The molecule has 1 aliphatic rings. The highest BCUT2D eigenvalue weighted by molar-refractivity contribution is 7.91. The summed E-state index contributed by atoms with van der Waals surface area (Å²) in [6, 6.07) is -0.296. The van der Waals surface area contributed by atoms with Gasteiger partial charge in [0.05, 0.1) is 18.1 Å². The third kappa shape index (κ3) is 4.61. The van der Waals surface area contributed by atoms with E-state index in [1.54, 1.807) is 4.90 Å². The Bertz CT molecular complexity index is 420. The van der Waals surface area contributed by atoms with Crippen molar-refractivity contribution in [2.24, 2.45) is 0 Å². The van der Waals surface area contributed by atoms with Crippen LogP contribution in [0.2, 0.25) is 0 Å². The summed E-state index contributed by atoms with van der Waals surface area (Å²) in [5, 5.41) is 11.3. The maximum absolute atomic E-state index is 11.4. The molecule has 0 saturated carbocycles. The van der Waals surface area contributed by atoms with Crippen LogP contribution in [0.15, 0.2) is 0 Å². The molecular formula is C10H18N2O5S. The van der Waals surface area contributed by atoms with Crippen LogP contribution >= 0.6 is 0 Å². The number of hydrogen-bond donors (Lipinski definition) is 2. The first-order valence-corrected chi connectivity index (χ1v) is 7.53. The van der Waals surface area contributed by atoms with E-state index in [2.05, 4.69) is 5.32 Å². The molecular weight excluding hydrogens is 260 g/mol. The molecule has 0 spiro atoms. The van der Waals surface area contributed by atoms with Crippen LogP contribution in [0.1, 0.15) is 12.8 Å². The fourth-order valence-electron chi connectivity index (χ4n) is 2.00. The lowest BCUT2D eigenvalue weighted by molar-refractivity contribution is -0.139. The molecule has 0 aromatic heterocycles. The Hall–Kier alpha value is -1.15. The van der Waals surface area contributed by atoms with Crippen LogP contribution in [-0.4, -0.2) is 68.0 Å². The smallest absolute Gasteiger partial charge is 0.317 e. The van der Waals surface area contributed by atoms with Crippen LogP contribution in [0.4, 0.5) is 0 Å². The Labute approximate surface area is 106 Å². The molecule has 0 radical (unpaired) electrons.